The number of rotatable bonds is 4. The van der Waals surface area contributed by atoms with Crippen molar-refractivity contribution >= 4 is 12.6 Å². The molecule has 0 amide bonds. The molecule has 0 fully saturated rings. The van der Waals surface area contributed by atoms with Crippen LogP contribution in [0.1, 0.15) is 26.2 Å². The summed E-state index contributed by atoms with van der Waals surface area (Å²) in [6.45, 7) is 2.09. The SMILES string of the molecule is CCCCC(S)N=[N+]=[N-]. The molecule has 0 bridgehead atoms. The summed E-state index contributed by atoms with van der Waals surface area (Å²) >= 11 is 4.02. The Bertz CT molecular complexity index is 109. The van der Waals surface area contributed by atoms with Crippen molar-refractivity contribution in [1.29, 1.82) is 0 Å². The lowest BCUT2D eigenvalue weighted by Crippen LogP contribution is -1.90. The van der Waals surface area contributed by atoms with E-state index in [1.54, 1.807) is 0 Å². The van der Waals surface area contributed by atoms with E-state index in [0.29, 0.717) is 0 Å². The van der Waals surface area contributed by atoms with Crippen LogP contribution in [0.15, 0.2) is 5.11 Å². The number of nitrogens with zero attached hydrogens (tertiary/aromatic N) is 3. The van der Waals surface area contributed by atoms with Gasteiger partial charge in [-0.25, -0.2) is 0 Å². The second-order valence-electron chi connectivity index (χ2n) is 1.83. The Kier molecular flexibility index (Phi) is 5.57. The molecule has 4 heteroatoms. The zero-order valence-corrected chi connectivity index (χ0v) is 6.38. The standard InChI is InChI=1S/C5H11N3S/c1-2-3-4-5(9)7-8-6/h5,9H,2-4H2,1H3. The third kappa shape index (κ3) is 5.53. The zero-order valence-electron chi connectivity index (χ0n) is 5.49. The third-order valence-electron chi connectivity index (χ3n) is 1.00. The van der Waals surface area contributed by atoms with Crippen molar-refractivity contribution in [2.45, 2.75) is 31.6 Å². The first-order valence-corrected chi connectivity index (χ1v) is 3.55. The molecule has 0 aromatic carbocycles. The number of hydrogen-bond donors (Lipinski definition) is 1. The molecule has 52 valence electrons. The highest BCUT2D eigenvalue weighted by Crippen LogP contribution is 2.07. The summed E-state index contributed by atoms with van der Waals surface area (Å²) in [5, 5.41) is 3.28. The molecule has 3 nitrogen and oxygen atoms in total. The molecular formula is C5H11N3S. The maximum Gasteiger partial charge on any atom is 0.0803 e. The summed E-state index contributed by atoms with van der Waals surface area (Å²) in [5.41, 5.74) is 7.95. The van der Waals surface area contributed by atoms with Gasteiger partial charge in [0.25, 0.3) is 0 Å². The monoisotopic (exact) mass is 145 g/mol. The van der Waals surface area contributed by atoms with Crippen LogP contribution in [-0.2, 0) is 0 Å². The molecule has 0 saturated carbocycles. The minimum atomic E-state index is -0.130. The van der Waals surface area contributed by atoms with E-state index in [1.807, 2.05) is 0 Å². The molecular weight excluding hydrogens is 134 g/mol. The minimum Gasteiger partial charge on any atom is -0.170 e. The summed E-state index contributed by atoms with van der Waals surface area (Å²) in [6, 6.07) is 0. The largest absolute Gasteiger partial charge is 0.170 e. The van der Waals surface area contributed by atoms with Crippen molar-refractivity contribution in [2.75, 3.05) is 0 Å². The van der Waals surface area contributed by atoms with Gasteiger partial charge in [-0.2, -0.15) is 12.6 Å². The lowest BCUT2D eigenvalue weighted by Gasteiger charge is -1.98. The van der Waals surface area contributed by atoms with Gasteiger partial charge in [0.2, 0.25) is 0 Å². The first-order chi connectivity index (χ1) is 4.31. The Morgan fingerprint density at radius 2 is 2.44 bits per heavy atom. The fourth-order valence-electron chi connectivity index (χ4n) is 0.504. The normalized spacial score (nSPS) is 12.2. The molecule has 0 N–H and O–H groups in total. The van der Waals surface area contributed by atoms with E-state index in [1.165, 1.54) is 0 Å². The van der Waals surface area contributed by atoms with Gasteiger partial charge < -0.3 is 0 Å². The molecule has 1 unspecified atom stereocenters. The molecule has 0 aliphatic carbocycles. The van der Waals surface area contributed by atoms with Crippen molar-refractivity contribution in [1.82, 2.24) is 0 Å². The smallest absolute Gasteiger partial charge is 0.0803 e. The number of unbranched alkanes of at least 4 members (excludes halogenated alkanes) is 1. The highest BCUT2D eigenvalue weighted by Gasteiger charge is 1.95. The number of azide groups is 1. The topological polar surface area (TPSA) is 48.8 Å². The molecule has 0 aliphatic rings. The van der Waals surface area contributed by atoms with Gasteiger partial charge in [-0.05, 0) is 12.0 Å². The van der Waals surface area contributed by atoms with Crippen molar-refractivity contribution in [3.8, 4) is 0 Å². The van der Waals surface area contributed by atoms with Crippen LogP contribution < -0.4 is 0 Å². The molecule has 0 spiro atoms. The molecule has 0 radical (unpaired) electrons. The van der Waals surface area contributed by atoms with Crippen LogP contribution in [-0.4, -0.2) is 5.37 Å². The van der Waals surface area contributed by atoms with Crippen LogP contribution in [0.3, 0.4) is 0 Å². The summed E-state index contributed by atoms with van der Waals surface area (Å²) in [6.07, 6.45) is 3.08. The number of thiol groups is 1. The molecule has 0 aromatic heterocycles. The Labute approximate surface area is 60.5 Å². The zero-order chi connectivity index (χ0) is 7.11. The van der Waals surface area contributed by atoms with Gasteiger partial charge in [-0.3, -0.25) is 0 Å². The third-order valence-corrected chi connectivity index (χ3v) is 1.36. The molecule has 0 saturated heterocycles. The van der Waals surface area contributed by atoms with E-state index in [-0.39, 0.29) is 5.37 Å². The maximum absolute atomic E-state index is 7.95. The highest BCUT2D eigenvalue weighted by atomic mass is 32.1. The second kappa shape index (κ2) is 5.79. The van der Waals surface area contributed by atoms with E-state index in [4.69, 9.17) is 5.53 Å². The van der Waals surface area contributed by atoms with E-state index in [9.17, 15) is 0 Å². The lowest BCUT2D eigenvalue weighted by molar-refractivity contribution is 0.699. The van der Waals surface area contributed by atoms with E-state index in [2.05, 4.69) is 29.6 Å². The maximum atomic E-state index is 7.95. The average Bonchev–Trinajstić information content (AvgIpc) is 1.85. The van der Waals surface area contributed by atoms with E-state index in [0.717, 1.165) is 19.3 Å². The predicted molar refractivity (Wildman–Crippen MR) is 41.4 cm³/mol. The van der Waals surface area contributed by atoms with Gasteiger partial charge in [0.05, 0.1) is 5.37 Å². The highest BCUT2D eigenvalue weighted by molar-refractivity contribution is 7.80. The molecule has 9 heavy (non-hydrogen) atoms. The van der Waals surface area contributed by atoms with Crippen molar-refractivity contribution in [2.24, 2.45) is 5.11 Å². The lowest BCUT2D eigenvalue weighted by atomic mass is 10.2. The average molecular weight is 145 g/mol. The molecule has 1 atom stereocenters. The Morgan fingerprint density at radius 1 is 1.78 bits per heavy atom. The van der Waals surface area contributed by atoms with Gasteiger partial charge in [0, 0.05) is 4.91 Å². The quantitative estimate of drug-likeness (QED) is 0.274. The van der Waals surface area contributed by atoms with Gasteiger partial charge in [0.1, 0.15) is 0 Å². The van der Waals surface area contributed by atoms with Crippen molar-refractivity contribution < 1.29 is 0 Å². The van der Waals surface area contributed by atoms with Crippen molar-refractivity contribution in [3.63, 3.8) is 0 Å². The van der Waals surface area contributed by atoms with Gasteiger partial charge >= 0.3 is 0 Å². The van der Waals surface area contributed by atoms with Crippen LogP contribution in [0.2, 0.25) is 0 Å². The second-order valence-corrected chi connectivity index (χ2v) is 2.42. The molecule has 0 aromatic rings. The summed E-state index contributed by atoms with van der Waals surface area (Å²) < 4.78 is 0. The first-order valence-electron chi connectivity index (χ1n) is 3.03. The fraction of sp³-hybridized carbons (Fsp3) is 1.00. The van der Waals surface area contributed by atoms with Gasteiger partial charge in [-0.15, -0.1) is 0 Å². The van der Waals surface area contributed by atoms with Crippen LogP contribution in [0.25, 0.3) is 10.4 Å². The van der Waals surface area contributed by atoms with Gasteiger partial charge in [-0.1, -0.05) is 24.9 Å². The van der Waals surface area contributed by atoms with Crippen LogP contribution in [0.5, 0.6) is 0 Å². The van der Waals surface area contributed by atoms with Crippen LogP contribution in [0, 0.1) is 0 Å². The van der Waals surface area contributed by atoms with Crippen LogP contribution in [0.4, 0.5) is 0 Å². The first kappa shape index (κ1) is 8.66. The summed E-state index contributed by atoms with van der Waals surface area (Å²) in [5.74, 6) is 0. The Morgan fingerprint density at radius 3 is 2.89 bits per heavy atom. The molecule has 0 aliphatic heterocycles. The van der Waals surface area contributed by atoms with E-state index < -0.39 is 0 Å². The summed E-state index contributed by atoms with van der Waals surface area (Å²) in [4.78, 5) is 2.64. The Hall–Kier alpha value is -0.340. The Balaban J connectivity index is 3.26. The fourth-order valence-corrected chi connectivity index (χ4v) is 0.733. The van der Waals surface area contributed by atoms with Gasteiger partial charge in [0.15, 0.2) is 0 Å². The molecule has 0 heterocycles. The van der Waals surface area contributed by atoms with Crippen LogP contribution >= 0.6 is 12.6 Å². The predicted octanol–water partition coefficient (Wildman–Crippen LogP) is 2.74. The molecule has 0 rings (SSSR count). The minimum absolute atomic E-state index is 0.130. The van der Waals surface area contributed by atoms with Crippen molar-refractivity contribution in [3.05, 3.63) is 10.4 Å². The van der Waals surface area contributed by atoms with E-state index >= 15 is 0 Å². The number of hydrogen-bond acceptors (Lipinski definition) is 2. The summed E-state index contributed by atoms with van der Waals surface area (Å²) in [7, 11) is 0.